The number of nitrogens with one attached hydrogen (secondary N) is 2. The van der Waals surface area contributed by atoms with Crippen molar-refractivity contribution < 1.29 is 9.59 Å². The highest BCUT2D eigenvalue weighted by Crippen LogP contribution is 2.24. The van der Waals surface area contributed by atoms with Gasteiger partial charge < -0.3 is 10.2 Å². The monoisotopic (exact) mass is 422 g/mol. The normalized spacial score (nSPS) is 14.5. The molecule has 0 spiro atoms. The van der Waals surface area contributed by atoms with Crippen molar-refractivity contribution >= 4 is 35.0 Å². The molecule has 0 aliphatic carbocycles. The third-order valence-electron chi connectivity index (χ3n) is 5.17. The maximum absolute atomic E-state index is 12.8. The molecule has 1 atom stereocenters. The smallest absolute Gasteiger partial charge is 0.272 e. The third-order valence-corrected chi connectivity index (χ3v) is 5.75. The van der Waals surface area contributed by atoms with Gasteiger partial charge in [-0.05, 0) is 23.6 Å². The average Bonchev–Trinajstić information content (AvgIpc) is 3.11. The first-order valence-corrected chi connectivity index (χ1v) is 10.2. The van der Waals surface area contributed by atoms with Gasteiger partial charge in [0.15, 0.2) is 5.69 Å². The van der Waals surface area contributed by atoms with E-state index < -0.39 is 0 Å². The minimum Gasteiger partial charge on any atom is -0.350 e. The summed E-state index contributed by atoms with van der Waals surface area (Å²) in [5.41, 5.74) is 2.83. The molecule has 0 radical (unpaired) electrons. The van der Waals surface area contributed by atoms with Crippen LogP contribution in [0.4, 0.5) is 0 Å². The first-order chi connectivity index (χ1) is 13.4. The number of aromatic amines is 1. The molecule has 1 aromatic carbocycles. The molecule has 0 unspecified atom stereocenters. The zero-order valence-corrected chi connectivity index (χ0v) is 17.5. The van der Waals surface area contributed by atoms with Crippen molar-refractivity contribution in [2.24, 2.45) is 5.92 Å². The minimum atomic E-state index is -0.201. The van der Waals surface area contributed by atoms with Crippen LogP contribution in [-0.2, 0) is 24.2 Å². The van der Waals surface area contributed by atoms with Crippen molar-refractivity contribution in [1.82, 2.24) is 20.4 Å². The molecule has 6 nitrogen and oxygen atoms in total. The zero-order chi connectivity index (χ0) is 20.3. The largest absolute Gasteiger partial charge is 0.350 e. The van der Waals surface area contributed by atoms with E-state index in [0.717, 1.165) is 23.2 Å². The Bertz CT molecular complexity index is 881. The lowest BCUT2D eigenvalue weighted by Crippen LogP contribution is -2.38. The van der Waals surface area contributed by atoms with Crippen LogP contribution >= 0.6 is 23.2 Å². The molecule has 28 heavy (non-hydrogen) atoms. The SMILES string of the molecule is CC[C@H](C)CNC(=O)c1n[nH]c2c1CN(C(=O)Cc1ccc(Cl)cc1Cl)CC2. The highest BCUT2D eigenvalue weighted by Gasteiger charge is 2.28. The van der Waals surface area contributed by atoms with Crippen LogP contribution in [0.1, 0.15) is 47.6 Å². The number of fused-ring (bicyclic) bond motifs is 1. The van der Waals surface area contributed by atoms with Crippen molar-refractivity contribution in [3.8, 4) is 0 Å². The van der Waals surface area contributed by atoms with Crippen LogP contribution < -0.4 is 5.32 Å². The van der Waals surface area contributed by atoms with Crippen LogP contribution in [0.5, 0.6) is 0 Å². The van der Waals surface area contributed by atoms with Gasteiger partial charge in [0, 0.05) is 47.4 Å². The Morgan fingerprint density at radius 1 is 1.36 bits per heavy atom. The molecule has 1 aliphatic heterocycles. The molecule has 2 N–H and O–H groups in total. The molecule has 1 aromatic heterocycles. The number of halogens is 2. The molecule has 3 rings (SSSR count). The molecular weight excluding hydrogens is 399 g/mol. The number of carbonyl (C=O) groups is 2. The van der Waals surface area contributed by atoms with Gasteiger partial charge in [0.1, 0.15) is 0 Å². The first kappa shape index (κ1) is 20.7. The number of rotatable bonds is 6. The Morgan fingerprint density at radius 3 is 2.86 bits per heavy atom. The van der Waals surface area contributed by atoms with Gasteiger partial charge in [-0.2, -0.15) is 5.10 Å². The molecular formula is C20H24Cl2N4O2. The summed E-state index contributed by atoms with van der Waals surface area (Å²) in [7, 11) is 0. The molecule has 0 saturated carbocycles. The zero-order valence-electron chi connectivity index (χ0n) is 16.0. The molecule has 8 heteroatoms. The van der Waals surface area contributed by atoms with E-state index in [9.17, 15) is 9.59 Å². The summed E-state index contributed by atoms with van der Waals surface area (Å²) in [6.07, 6.45) is 1.83. The van der Waals surface area contributed by atoms with E-state index in [2.05, 4.69) is 29.4 Å². The van der Waals surface area contributed by atoms with Crippen molar-refractivity contribution in [2.45, 2.75) is 39.7 Å². The second kappa shape index (κ2) is 8.97. The van der Waals surface area contributed by atoms with E-state index in [4.69, 9.17) is 23.2 Å². The van der Waals surface area contributed by atoms with Crippen molar-refractivity contribution in [1.29, 1.82) is 0 Å². The summed E-state index contributed by atoms with van der Waals surface area (Å²) >= 11 is 12.1. The van der Waals surface area contributed by atoms with E-state index in [1.807, 2.05) is 0 Å². The Morgan fingerprint density at radius 2 is 2.14 bits per heavy atom. The van der Waals surface area contributed by atoms with Gasteiger partial charge >= 0.3 is 0 Å². The number of carbonyl (C=O) groups excluding carboxylic acids is 2. The minimum absolute atomic E-state index is 0.0398. The second-order valence-electron chi connectivity index (χ2n) is 7.23. The third kappa shape index (κ3) is 4.67. The summed E-state index contributed by atoms with van der Waals surface area (Å²) in [5.74, 6) is 0.163. The maximum Gasteiger partial charge on any atom is 0.272 e. The molecule has 150 valence electrons. The maximum atomic E-state index is 12.8. The number of amides is 2. The Labute approximate surface area is 174 Å². The highest BCUT2D eigenvalue weighted by molar-refractivity contribution is 6.35. The molecule has 2 aromatic rings. The summed E-state index contributed by atoms with van der Waals surface area (Å²) < 4.78 is 0. The van der Waals surface area contributed by atoms with Crippen molar-refractivity contribution in [3.05, 3.63) is 50.8 Å². The predicted octanol–water partition coefficient (Wildman–Crippen LogP) is 3.62. The number of hydrogen-bond acceptors (Lipinski definition) is 3. The van der Waals surface area contributed by atoms with Crippen LogP contribution in [-0.4, -0.2) is 40.0 Å². The van der Waals surface area contributed by atoms with E-state index in [1.165, 1.54) is 0 Å². The predicted molar refractivity (Wildman–Crippen MR) is 110 cm³/mol. The van der Waals surface area contributed by atoms with Gasteiger partial charge in [0.2, 0.25) is 5.91 Å². The van der Waals surface area contributed by atoms with Crippen LogP contribution in [0.15, 0.2) is 18.2 Å². The number of benzene rings is 1. The quantitative estimate of drug-likeness (QED) is 0.745. The van der Waals surface area contributed by atoms with E-state index >= 15 is 0 Å². The van der Waals surface area contributed by atoms with Crippen LogP contribution in [0.3, 0.4) is 0 Å². The lowest BCUT2D eigenvalue weighted by atomic mass is 10.0. The number of H-pyrrole nitrogens is 1. The summed E-state index contributed by atoms with van der Waals surface area (Å²) in [6.45, 7) is 5.72. The van der Waals surface area contributed by atoms with Gasteiger partial charge in [-0.25, -0.2) is 0 Å². The van der Waals surface area contributed by atoms with Gasteiger partial charge in [0.05, 0.1) is 6.42 Å². The van der Waals surface area contributed by atoms with Gasteiger partial charge in [-0.15, -0.1) is 0 Å². The molecule has 0 saturated heterocycles. The highest BCUT2D eigenvalue weighted by atomic mass is 35.5. The fraction of sp³-hybridized carbons (Fsp3) is 0.450. The summed E-state index contributed by atoms with van der Waals surface area (Å²) in [6, 6.07) is 5.12. The van der Waals surface area contributed by atoms with E-state index in [-0.39, 0.29) is 18.2 Å². The lowest BCUT2D eigenvalue weighted by molar-refractivity contribution is -0.131. The second-order valence-corrected chi connectivity index (χ2v) is 8.07. The van der Waals surface area contributed by atoms with Crippen molar-refractivity contribution in [3.63, 3.8) is 0 Å². The number of aromatic nitrogens is 2. The van der Waals surface area contributed by atoms with E-state index in [0.29, 0.717) is 47.7 Å². The first-order valence-electron chi connectivity index (χ1n) is 9.45. The van der Waals surface area contributed by atoms with Crippen LogP contribution in [0.2, 0.25) is 10.0 Å². The standard InChI is InChI=1S/C20H24Cl2N4O2/c1-3-12(2)10-23-20(28)19-15-11-26(7-6-17(15)24-25-19)18(27)8-13-4-5-14(21)9-16(13)22/h4-5,9,12H,3,6-8,10-11H2,1-2H3,(H,23,28)(H,24,25)/t12-/m0/s1. The fourth-order valence-electron chi connectivity index (χ4n) is 3.13. The number of nitrogens with zero attached hydrogens (tertiary/aromatic N) is 2. The summed E-state index contributed by atoms with van der Waals surface area (Å²) in [5, 5.41) is 11.1. The van der Waals surface area contributed by atoms with Crippen LogP contribution in [0, 0.1) is 5.92 Å². The van der Waals surface area contributed by atoms with Gasteiger partial charge in [-0.3, -0.25) is 14.7 Å². The van der Waals surface area contributed by atoms with Gasteiger partial charge in [0.25, 0.3) is 5.91 Å². The number of hydrogen-bond donors (Lipinski definition) is 2. The molecule has 1 aliphatic rings. The van der Waals surface area contributed by atoms with Gasteiger partial charge in [-0.1, -0.05) is 49.5 Å². The molecule has 2 heterocycles. The van der Waals surface area contributed by atoms with Crippen LogP contribution in [0.25, 0.3) is 0 Å². The summed E-state index contributed by atoms with van der Waals surface area (Å²) in [4.78, 5) is 27.0. The average molecular weight is 423 g/mol. The Hall–Kier alpha value is -2.05. The fourth-order valence-corrected chi connectivity index (χ4v) is 3.61. The van der Waals surface area contributed by atoms with E-state index in [1.54, 1.807) is 23.1 Å². The lowest BCUT2D eigenvalue weighted by Gasteiger charge is -2.27. The topological polar surface area (TPSA) is 78.1 Å². The molecule has 0 fully saturated rings. The van der Waals surface area contributed by atoms with Crippen molar-refractivity contribution in [2.75, 3.05) is 13.1 Å². The Balaban J connectivity index is 1.68. The molecule has 2 amide bonds. The Kier molecular flexibility index (Phi) is 6.62. The molecule has 0 bridgehead atoms.